The predicted octanol–water partition coefficient (Wildman–Crippen LogP) is 7.13. The molecule has 1 heterocycles. The SMILES string of the molecule is CCOc1cc(C=Nc2ccc([C@@H]3Nc4ccccc4[C@@H]4C=CC[C@@H]43)cc2)cc(Br)c1O. The van der Waals surface area contributed by atoms with Crippen LogP contribution in [0.2, 0.25) is 0 Å². The molecule has 0 unspecified atom stereocenters. The molecule has 32 heavy (non-hydrogen) atoms. The van der Waals surface area contributed by atoms with Gasteiger partial charge in [-0.3, -0.25) is 4.99 Å². The van der Waals surface area contributed by atoms with E-state index in [4.69, 9.17) is 4.74 Å². The van der Waals surface area contributed by atoms with Crippen molar-refractivity contribution in [2.75, 3.05) is 11.9 Å². The average molecular weight is 489 g/mol. The summed E-state index contributed by atoms with van der Waals surface area (Å²) in [4.78, 5) is 4.62. The van der Waals surface area contributed by atoms with E-state index in [-0.39, 0.29) is 11.8 Å². The Morgan fingerprint density at radius 1 is 1.16 bits per heavy atom. The van der Waals surface area contributed by atoms with Crippen LogP contribution in [0.25, 0.3) is 0 Å². The number of aliphatic imine (C=N–C) groups is 1. The van der Waals surface area contributed by atoms with Gasteiger partial charge in [-0.25, -0.2) is 0 Å². The number of allylic oxidation sites excluding steroid dienone is 2. The summed E-state index contributed by atoms with van der Waals surface area (Å²) in [5, 5.41) is 13.9. The smallest absolute Gasteiger partial charge is 0.172 e. The number of nitrogens with zero attached hydrogens (tertiary/aromatic N) is 1. The van der Waals surface area contributed by atoms with Gasteiger partial charge in [-0.15, -0.1) is 0 Å². The van der Waals surface area contributed by atoms with Crippen molar-refractivity contribution in [3.8, 4) is 11.5 Å². The van der Waals surface area contributed by atoms with Gasteiger partial charge in [0.05, 0.1) is 22.8 Å². The first kappa shape index (κ1) is 20.8. The summed E-state index contributed by atoms with van der Waals surface area (Å²) in [7, 11) is 0. The van der Waals surface area contributed by atoms with Gasteiger partial charge in [-0.2, -0.15) is 0 Å². The van der Waals surface area contributed by atoms with Crippen LogP contribution in [0, 0.1) is 5.92 Å². The highest BCUT2D eigenvalue weighted by molar-refractivity contribution is 9.10. The van der Waals surface area contributed by atoms with Crippen LogP contribution < -0.4 is 10.1 Å². The molecular weight excluding hydrogens is 464 g/mol. The molecule has 0 spiro atoms. The highest BCUT2D eigenvalue weighted by Crippen LogP contribution is 2.49. The van der Waals surface area contributed by atoms with Gasteiger partial charge in [-0.05, 0) is 82.2 Å². The summed E-state index contributed by atoms with van der Waals surface area (Å²) < 4.78 is 6.09. The number of hydrogen-bond donors (Lipinski definition) is 2. The third kappa shape index (κ3) is 3.93. The van der Waals surface area contributed by atoms with Crippen molar-refractivity contribution < 1.29 is 9.84 Å². The average Bonchev–Trinajstić information content (AvgIpc) is 3.31. The number of fused-ring (bicyclic) bond motifs is 3. The van der Waals surface area contributed by atoms with E-state index in [0.29, 0.717) is 28.7 Å². The van der Waals surface area contributed by atoms with Crippen molar-refractivity contribution in [2.24, 2.45) is 10.9 Å². The molecule has 0 radical (unpaired) electrons. The molecule has 162 valence electrons. The number of hydrogen-bond acceptors (Lipinski definition) is 4. The lowest BCUT2D eigenvalue weighted by atomic mass is 9.77. The van der Waals surface area contributed by atoms with Gasteiger partial charge in [0, 0.05) is 17.8 Å². The molecule has 3 aromatic carbocycles. The Morgan fingerprint density at radius 3 is 2.78 bits per heavy atom. The Balaban J connectivity index is 1.36. The Labute approximate surface area is 196 Å². The first-order chi connectivity index (χ1) is 15.6. The van der Waals surface area contributed by atoms with E-state index >= 15 is 0 Å². The normalized spacial score (nSPS) is 21.2. The summed E-state index contributed by atoms with van der Waals surface area (Å²) in [5.74, 6) is 1.56. The third-order valence-electron chi connectivity index (χ3n) is 6.24. The Kier molecular flexibility index (Phi) is 5.75. The maximum Gasteiger partial charge on any atom is 0.172 e. The zero-order valence-corrected chi connectivity index (χ0v) is 19.4. The number of halogens is 1. The van der Waals surface area contributed by atoms with E-state index in [0.717, 1.165) is 17.7 Å². The standard InChI is InChI=1S/C27H25BrN2O2/c1-2-32-25-15-17(14-23(28)27(25)31)16-29-19-12-10-18(11-13-19)26-22-8-5-7-20(22)21-6-3-4-9-24(21)30-26/h3-7,9-16,20,22,26,30-31H,2,8H2,1H3/t20-,22-,26-/m0/s1. The van der Waals surface area contributed by atoms with Crippen LogP contribution in [-0.2, 0) is 0 Å². The van der Waals surface area contributed by atoms with Crippen molar-refractivity contribution in [2.45, 2.75) is 25.3 Å². The molecule has 0 aromatic heterocycles. The number of nitrogens with one attached hydrogen (secondary N) is 1. The number of phenols is 1. The summed E-state index contributed by atoms with van der Waals surface area (Å²) in [6.07, 6.45) is 7.56. The number of rotatable bonds is 5. The highest BCUT2D eigenvalue weighted by atomic mass is 79.9. The van der Waals surface area contributed by atoms with Crippen LogP contribution in [0.1, 0.15) is 42.0 Å². The van der Waals surface area contributed by atoms with Gasteiger partial charge in [0.25, 0.3) is 0 Å². The van der Waals surface area contributed by atoms with Gasteiger partial charge < -0.3 is 15.2 Å². The van der Waals surface area contributed by atoms with E-state index in [1.165, 1.54) is 16.8 Å². The summed E-state index contributed by atoms with van der Waals surface area (Å²) in [6.45, 7) is 2.37. The van der Waals surface area contributed by atoms with Gasteiger partial charge >= 0.3 is 0 Å². The molecular formula is C27H25BrN2O2. The van der Waals surface area contributed by atoms with Gasteiger partial charge in [0.1, 0.15) is 0 Å². The zero-order chi connectivity index (χ0) is 22.1. The fraction of sp³-hybridized carbons (Fsp3) is 0.222. The van der Waals surface area contributed by atoms with E-state index in [1.807, 2.05) is 13.0 Å². The molecule has 3 atom stereocenters. The van der Waals surface area contributed by atoms with Gasteiger partial charge in [0.2, 0.25) is 0 Å². The second-order valence-electron chi connectivity index (χ2n) is 8.19. The van der Waals surface area contributed by atoms with Crippen LogP contribution >= 0.6 is 15.9 Å². The number of ether oxygens (including phenoxy) is 1. The van der Waals surface area contributed by atoms with Crippen molar-refractivity contribution in [1.82, 2.24) is 0 Å². The van der Waals surface area contributed by atoms with Crippen LogP contribution in [0.5, 0.6) is 11.5 Å². The number of benzene rings is 3. The Bertz CT molecular complexity index is 1190. The molecule has 3 aromatic rings. The largest absolute Gasteiger partial charge is 0.503 e. The van der Waals surface area contributed by atoms with E-state index in [2.05, 4.69) is 86.9 Å². The van der Waals surface area contributed by atoms with E-state index < -0.39 is 0 Å². The molecule has 0 saturated carbocycles. The second-order valence-corrected chi connectivity index (χ2v) is 9.05. The third-order valence-corrected chi connectivity index (χ3v) is 6.84. The molecule has 5 heteroatoms. The predicted molar refractivity (Wildman–Crippen MR) is 133 cm³/mol. The van der Waals surface area contributed by atoms with Gasteiger partial charge in [-0.1, -0.05) is 42.5 Å². The first-order valence-electron chi connectivity index (χ1n) is 11.0. The van der Waals surface area contributed by atoms with Crippen molar-refractivity contribution in [1.29, 1.82) is 0 Å². The minimum atomic E-state index is 0.106. The molecule has 0 amide bonds. The molecule has 5 rings (SSSR count). The fourth-order valence-electron chi connectivity index (χ4n) is 4.72. The summed E-state index contributed by atoms with van der Waals surface area (Å²) in [5.41, 5.74) is 5.65. The van der Waals surface area contributed by atoms with Crippen LogP contribution in [0.15, 0.2) is 82.3 Å². The van der Waals surface area contributed by atoms with Crippen LogP contribution in [0.3, 0.4) is 0 Å². The van der Waals surface area contributed by atoms with Crippen molar-refractivity contribution in [3.05, 3.63) is 94.0 Å². The van der Waals surface area contributed by atoms with Crippen LogP contribution in [-0.4, -0.2) is 17.9 Å². The van der Waals surface area contributed by atoms with E-state index in [9.17, 15) is 5.11 Å². The second kappa shape index (κ2) is 8.83. The zero-order valence-electron chi connectivity index (χ0n) is 17.8. The number of anilines is 1. The molecule has 1 aliphatic carbocycles. The summed E-state index contributed by atoms with van der Waals surface area (Å²) >= 11 is 3.38. The molecule has 2 aliphatic rings. The molecule has 0 saturated heterocycles. The number of aromatic hydroxyl groups is 1. The first-order valence-corrected chi connectivity index (χ1v) is 11.7. The van der Waals surface area contributed by atoms with Crippen LogP contribution in [0.4, 0.5) is 11.4 Å². The molecule has 4 nitrogen and oxygen atoms in total. The maximum atomic E-state index is 10.1. The minimum Gasteiger partial charge on any atom is -0.503 e. The fourth-order valence-corrected chi connectivity index (χ4v) is 5.18. The van der Waals surface area contributed by atoms with E-state index in [1.54, 1.807) is 12.3 Å². The Morgan fingerprint density at radius 2 is 1.97 bits per heavy atom. The monoisotopic (exact) mass is 488 g/mol. The number of para-hydroxylation sites is 1. The van der Waals surface area contributed by atoms with Crippen molar-refractivity contribution >= 4 is 33.5 Å². The molecule has 1 aliphatic heterocycles. The lowest BCUT2D eigenvalue weighted by Crippen LogP contribution is -2.28. The highest BCUT2D eigenvalue weighted by Gasteiger charge is 2.37. The topological polar surface area (TPSA) is 53.8 Å². The Hall–Kier alpha value is -3.05. The lowest BCUT2D eigenvalue weighted by Gasteiger charge is -2.37. The van der Waals surface area contributed by atoms with Crippen molar-refractivity contribution in [3.63, 3.8) is 0 Å². The number of phenolic OH excluding ortho intramolecular Hbond substituents is 1. The maximum absolute atomic E-state index is 10.1. The summed E-state index contributed by atoms with van der Waals surface area (Å²) in [6, 6.07) is 21.0. The quantitative estimate of drug-likeness (QED) is 0.296. The van der Waals surface area contributed by atoms with Gasteiger partial charge in [0.15, 0.2) is 11.5 Å². The molecule has 0 fully saturated rings. The molecule has 2 N–H and O–H groups in total. The lowest BCUT2D eigenvalue weighted by molar-refractivity contribution is 0.317. The molecule has 0 bridgehead atoms. The minimum absolute atomic E-state index is 0.106.